The highest BCUT2D eigenvalue weighted by molar-refractivity contribution is 8.12. The molecule has 0 fully saturated rings. The van der Waals surface area contributed by atoms with Crippen molar-refractivity contribution >= 4 is 23.1 Å². The predicted octanol–water partition coefficient (Wildman–Crippen LogP) is 2.00. The number of carbonyl (C=O) groups is 2. The van der Waals surface area contributed by atoms with Crippen LogP contribution in [0.2, 0.25) is 0 Å². The van der Waals surface area contributed by atoms with Gasteiger partial charge in [-0.2, -0.15) is 0 Å². The maximum Gasteiger partial charge on any atom is 0.379 e. The van der Waals surface area contributed by atoms with Gasteiger partial charge < -0.3 is 0 Å². The van der Waals surface area contributed by atoms with Crippen LogP contribution in [0, 0.1) is 0 Å². The first kappa shape index (κ1) is 13.5. The van der Waals surface area contributed by atoms with Gasteiger partial charge in [0.25, 0.3) is 0 Å². The molecule has 6 nitrogen and oxygen atoms in total. The average molecular weight is 256 g/mol. The lowest BCUT2D eigenvalue weighted by atomic mass is 10.2. The second-order valence-corrected chi connectivity index (χ2v) is 4.01. The Labute approximate surface area is 102 Å². The van der Waals surface area contributed by atoms with Crippen molar-refractivity contribution in [1.82, 2.24) is 9.53 Å². The Morgan fingerprint density at radius 3 is 2.29 bits per heavy atom. The van der Waals surface area contributed by atoms with Crippen molar-refractivity contribution in [3.8, 4) is 0 Å². The first-order chi connectivity index (χ1) is 8.06. The van der Waals surface area contributed by atoms with Crippen LogP contribution in [0.1, 0.15) is 17.3 Å². The maximum atomic E-state index is 11.7. The molecule has 0 atom stereocenters. The van der Waals surface area contributed by atoms with E-state index in [4.69, 9.17) is 10.4 Å². The molecule has 1 aromatic carbocycles. The molecule has 2 N–H and O–H groups in total. The summed E-state index contributed by atoms with van der Waals surface area (Å²) in [5.41, 5.74) is 0.436. The lowest BCUT2D eigenvalue weighted by molar-refractivity contribution is -0.261. The van der Waals surface area contributed by atoms with Crippen molar-refractivity contribution in [3.63, 3.8) is 0 Å². The van der Waals surface area contributed by atoms with Crippen molar-refractivity contribution in [1.29, 1.82) is 0 Å². The normalized spacial score (nSPS) is 9.82. The number of hydroxylamine groups is 2. The predicted molar refractivity (Wildman–Crippen MR) is 61.6 cm³/mol. The highest BCUT2D eigenvalue weighted by Crippen LogP contribution is 2.17. The van der Waals surface area contributed by atoms with Crippen LogP contribution in [0.4, 0.5) is 4.79 Å². The number of hydrogen-bond acceptors (Lipinski definition) is 5. The van der Waals surface area contributed by atoms with Crippen molar-refractivity contribution in [2.24, 2.45) is 0 Å². The molecule has 0 saturated carbocycles. The smallest absolute Gasteiger partial charge is 0.280 e. The minimum Gasteiger partial charge on any atom is -0.280 e. The molecule has 0 unspecified atom stereocenters. The Hall–Kier alpha value is -1.57. The quantitative estimate of drug-likeness (QED) is 0.480. The van der Waals surface area contributed by atoms with Gasteiger partial charge in [-0.05, 0) is 6.92 Å². The Balaban J connectivity index is 2.70. The van der Waals surface area contributed by atoms with Crippen molar-refractivity contribution < 1.29 is 20.0 Å². The molecular weight excluding hydrogens is 244 g/mol. The molecule has 0 heterocycles. The zero-order valence-electron chi connectivity index (χ0n) is 9.11. The molecule has 0 aliphatic rings. The van der Waals surface area contributed by atoms with Gasteiger partial charge in [0.1, 0.15) is 0 Å². The van der Waals surface area contributed by atoms with Crippen LogP contribution in [0.25, 0.3) is 0 Å². The van der Waals surface area contributed by atoms with Crippen LogP contribution in [-0.4, -0.2) is 37.6 Å². The van der Waals surface area contributed by atoms with E-state index in [0.717, 1.165) is 4.31 Å². The lowest BCUT2D eigenvalue weighted by Gasteiger charge is -2.19. The Morgan fingerprint density at radius 2 is 1.82 bits per heavy atom. The molecule has 17 heavy (non-hydrogen) atoms. The van der Waals surface area contributed by atoms with Crippen LogP contribution < -0.4 is 0 Å². The van der Waals surface area contributed by atoms with Crippen LogP contribution in [0.5, 0.6) is 0 Å². The highest BCUT2D eigenvalue weighted by atomic mass is 32.2. The number of benzene rings is 1. The maximum absolute atomic E-state index is 11.7. The molecule has 1 rings (SSSR count). The van der Waals surface area contributed by atoms with E-state index >= 15 is 0 Å². The molecule has 7 heteroatoms. The number of amides is 2. The molecule has 0 radical (unpaired) electrons. The molecule has 0 saturated heterocycles. The molecule has 0 aliphatic heterocycles. The van der Waals surface area contributed by atoms with Crippen LogP contribution >= 0.6 is 11.9 Å². The fourth-order valence-electron chi connectivity index (χ4n) is 1.07. The van der Waals surface area contributed by atoms with Crippen molar-refractivity contribution in [3.05, 3.63) is 35.9 Å². The van der Waals surface area contributed by atoms with Crippen LogP contribution in [0.15, 0.2) is 30.3 Å². The SMILES string of the molecule is CCN(SC(=O)c1ccccc1)C(=O)N(O)O. The van der Waals surface area contributed by atoms with E-state index < -0.39 is 11.3 Å². The summed E-state index contributed by atoms with van der Waals surface area (Å²) in [4.78, 5) is 22.9. The van der Waals surface area contributed by atoms with Crippen LogP contribution in [-0.2, 0) is 0 Å². The molecule has 0 aliphatic carbocycles. The number of rotatable bonds is 2. The number of hydrogen-bond donors (Lipinski definition) is 2. The molecule has 92 valence electrons. The van der Waals surface area contributed by atoms with E-state index in [1.54, 1.807) is 37.3 Å². The zero-order valence-corrected chi connectivity index (χ0v) is 9.92. The summed E-state index contributed by atoms with van der Waals surface area (Å²) < 4.78 is 0.940. The van der Waals surface area contributed by atoms with Gasteiger partial charge in [-0.3, -0.25) is 19.5 Å². The molecule has 0 aromatic heterocycles. The topological polar surface area (TPSA) is 81.1 Å². The van der Waals surface area contributed by atoms with Gasteiger partial charge in [-0.15, -0.1) is 0 Å². The third-order valence-corrected chi connectivity index (χ3v) is 2.91. The third kappa shape index (κ3) is 3.74. The van der Waals surface area contributed by atoms with Gasteiger partial charge in [0, 0.05) is 24.1 Å². The summed E-state index contributed by atoms with van der Waals surface area (Å²) in [5.74, 6) is 0. The van der Waals surface area contributed by atoms with Gasteiger partial charge in [0.05, 0.1) is 0 Å². The van der Waals surface area contributed by atoms with E-state index in [2.05, 4.69) is 0 Å². The summed E-state index contributed by atoms with van der Waals surface area (Å²) in [6, 6.07) is 7.34. The fraction of sp³-hybridized carbons (Fsp3) is 0.200. The molecule has 0 bridgehead atoms. The second kappa shape index (κ2) is 6.24. The first-order valence-electron chi connectivity index (χ1n) is 4.83. The highest BCUT2D eigenvalue weighted by Gasteiger charge is 2.21. The summed E-state index contributed by atoms with van der Waals surface area (Å²) in [7, 11) is 0. The van der Waals surface area contributed by atoms with Gasteiger partial charge in [-0.1, -0.05) is 35.6 Å². The van der Waals surface area contributed by atoms with E-state index in [1.165, 1.54) is 0 Å². The van der Waals surface area contributed by atoms with Crippen molar-refractivity contribution in [2.45, 2.75) is 6.92 Å². The summed E-state index contributed by atoms with van der Waals surface area (Å²) in [5, 5.41) is 16.3. The Morgan fingerprint density at radius 1 is 1.24 bits per heavy atom. The minimum atomic E-state index is -1.07. The Bertz CT molecular complexity index is 397. The summed E-state index contributed by atoms with van der Waals surface area (Å²) in [6.07, 6.45) is 0. The molecular formula is C10H12N2O4S. The monoisotopic (exact) mass is 256 g/mol. The zero-order chi connectivity index (χ0) is 12.8. The van der Waals surface area contributed by atoms with Gasteiger partial charge >= 0.3 is 6.03 Å². The number of urea groups is 1. The standard InChI is InChI=1S/C10H12N2O4S/c1-2-11(10(14)12(15)16)17-9(13)8-6-4-3-5-7-8/h3-7,15-16H,2H2,1H3. The fourth-order valence-corrected chi connectivity index (χ4v) is 1.79. The molecule has 2 amide bonds. The summed E-state index contributed by atoms with van der Waals surface area (Å²) >= 11 is 0.617. The van der Waals surface area contributed by atoms with Crippen LogP contribution in [0.3, 0.4) is 0 Å². The van der Waals surface area contributed by atoms with Gasteiger partial charge in [0.2, 0.25) is 5.12 Å². The van der Waals surface area contributed by atoms with E-state index in [9.17, 15) is 9.59 Å². The molecule has 1 aromatic rings. The van der Waals surface area contributed by atoms with E-state index in [0.29, 0.717) is 17.5 Å². The average Bonchev–Trinajstić information content (AvgIpc) is 2.35. The largest absolute Gasteiger partial charge is 0.379 e. The second-order valence-electron chi connectivity index (χ2n) is 3.01. The number of nitrogens with zero attached hydrogens (tertiary/aromatic N) is 2. The molecule has 0 spiro atoms. The van der Waals surface area contributed by atoms with E-state index in [-0.39, 0.29) is 11.7 Å². The third-order valence-electron chi connectivity index (χ3n) is 1.87. The minimum absolute atomic E-state index is 0.166. The van der Waals surface area contributed by atoms with Gasteiger partial charge in [0.15, 0.2) is 0 Å². The van der Waals surface area contributed by atoms with E-state index in [1.807, 2.05) is 0 Å². The first-order valence-corrected chi connectivity index (χ1v) is 5.60. The number of carbonyl (C=O) groups excluding carboxylic acids is 2. The van der Waals surface area contributed by atoms with Crippen molar-refractivity contribution in [2.75, 3.05) is 6.54 Å². The Kier molecular flexibility index (Phi) is 4.95. The summed E-state index contributed by atoms with van der Waals surface area (Å²) in [6.45, 7) is 1.78. The lowest BCUT2D eigenvalue weighted by Crippen LogP contribution is -2.36. The van der Waals surface area contributed by atoms with Gasteiger partial charge in [-0.25, -0.2) is 4.79 Å².